The van der Waals surface area contributed by atoms with Gasteiger partial charge in [-0.3, -0.25) is 20.4 Å². The highest BCUT2D eigenvalue weighted by atomic mass is 16.3. The van der Waals surface area contributed by atoms with Gasteiger partial charge in [0.25, 0.3) is 0 Å². The first-order valence-corrected chi connectivity index (χ1v) is 9.33. The molecule has 0 fully saturated rings. The van der Waals surface area contributed by atoms with E-state index in [0.29, 0.717) is 12.8 Å². The molecule has 0 unspecified atom stereocenters. The van der Waals surface area contributed by atoms with Crippen molar-refractivity contribution in [1.82, 2.24) is 10.9 Å². The minimum absolute atomic E-state index is 0.236. The summed E-state index contributed by atoms with van der Waals surface area (Å²) in [6, 6.07) is 7.43. The first-order chi connectivity index (χ1) is 13.2. The van der Waals surface area contributed by atoms with Gasteiger partial charge in [-0.1, -0.05) is 24.3 Å². The molecule has 0 saturated carbocycles. The summed E-state index contributed by atoms with van der Waals surface area (Å²) >= 11 is 0. The van der Waals surface area contributed by atoms with Crippen molar-refractivity contribution in [1.29, 1.82) is 0 Å². The van der Waals surface area contributed by atoms with Gasteiger partial charge in [0.15, 0.2) is 0 Å². The maximum Gasteiger partial charge on any atom is 0.238 e. The van der Waals surface area contributed by atoms with Gasteiger partial charge in [0.2, 0.25) is 11.8 Å². The minimum atomic E-state index is -0.270. The third-order valence-corrected chi connectivity index (χ3v) is 4.72. The molecular formula is C22H28N2O4. The fourth-order valence-corrected chi connectivity index (χ4v) is 3.16. The number of nitrogens with one attached hydrogen (secondary N) is 2. The molecule has 2 aromatic carbocycles. The highest BCUT2D eigenvalue weighted by Crippen LogP contribution is 2.24. The summed E-state index contributed by atoms with van der Waals surface area (Å²) < 4.78 is 0. The standard InChI is InChI=1S/C22H28N2O4/c1-13-9-17(10-14(2)21(13)27)5-7-19(25)23-24-20(26)8-6-18-11-15(3)22(28)16(4)12-18/h9-12,27-28H,5-8H2,1-4H3,(H,23,25)(H,24,26). The van der Waals surface area contributed by atoms with E-state index in [2.05, 4.69) is 10.9 Å². The largest absolute Gasteiger partial charge is 0.507 e. The molecule has 0 heterocycles. The molecule has 28 heavy (non-hydrogen) atoms. The van der Waals surface area contributed by atoms with Crippen molar-refractivity contribution in [2.24, 2.45) is 0 Å². The summed E-state index contributed by atoms with van der Waals surface area (Å²) in [5.41, 5.74) is 9.92. The zero-order valence-corrected chi connectivity index (χ0v) is 16.8. The second-order valence-electron chi connectivity index (χ2n) is 7.25. The van der Waals surface area contributed by atoms with Crippen LogP contribution in [0, 0.1) is 27.7 Å². The maximum absolute atomic E-state index is 12.0. The van der Waals surface area contributed by atoms with E-state index < -0.39 is 0 Å². The molecule has 2 rings (SSSR count). The second-order valence-corrected chi connectivity index (χ2v) is 7.25. The van der Waals surface area contributed by atoms with Crippen molar-refractivity contribution in [2.75, 3.05) is 0 Å². The lowest BCUT2D eigenvalue weighted by Gasteiger charge is -2.10. The fourth-order valence-electron chi connectivity index (χ4n) is 3.16. The van der Waals surface area contributed by atoms with E-state index in [-0.39, 0.29) is 36.2 Å². The summed E-state index contributed by atoms with van der Waals surface area (Å²) in [7, 11) is 0. The Balaban J connectivity index is 1.76. The van der Waals surface area contributed by atoms with Gasteiger partial charge in [-0.05, 0) is 73.9 Å². The molecule has 0 spiro atoms. The van der Waals surface area contributed by atoms with Crippen molar-refractivity contribution in [2.45, 2.75) is 53.4 Å². The van der Waals surface area contributed by atoms with Crippen LogP contribution in [0.3, 0.4) is 0 Å². The molecule has 6 nitrogen and oxygen atoms in total. The van der Waals surface area contributed by atoms with E-state index in [1.54, 1.807) is 0 Å². The van der Waals surface area contributed by atoms with Crippen LogP contribution in [0.2, 0.25) is 0 Å². The Morgan fingerprint density at radius 3 is 1.25 bits per heavy atom. The molecule has 0 saturated heterocycles. The van der Waals surface area contributed by atoms with E-state index in [0.717, 1.165) is 33.4 Å². The lowest BCUT2D eigenvalue weighted by Crippen LogP contribution is -2.41. The number of carbonyl (C=O) groups is 2. The number of aromatic hydroxyl groups is 2. The van der Waals surface area contributed by atoms with Gasteiger partial charge in [-0.2, -0.15) is 0 Å². The summed E-state index contributed by atoms with van der Waals surface area (Å²) in [5.74, 6) is 0.0140. The molecule has 2 aromatic rings. The third kappa shape index (κ3) is 5.74. The van der Waals surface area contributed by atoms with Gasteiger partial charge in [-0.25, -0.2) is 0 Å². The Morgan fingerprint density at radius 1 is 0.679 bits per heavy atom. The van der Waals surface area contributed by atoms with Crippen molar-refractivity contribution in [3.63, 3.8) is 0 Å². The van der Waals surface area contributed by atoms with Crippen LogP contribution in [-0.4, -0.2) is 22.0 Å². The summed E-state index contributed by atoms with van der Waals surface area (Å²) in [4.78, 5) is 23.9. The lowest BCUT2D eigenvalue weighted by molar-refractivity contribution is -0.128. The van der Waals surface area contributed by atoms with E-state index in [1.165, 1.54) is 0 Å². The average molecular weight is 384 g/mol. The SMILES string of the molecule is Cc1cc(CCC(=O)NNC(=O)CCc2cc(C)c(O)c(C)c2)cc(C)c1O. The number of hydrazine groups is 1. The van der Waals surface area contributed by atoms with Gasteiger partial charge < -0.3 is 10.2 Å². The third-order valence-electron chi connectivity index (χ3n) is 4.72. The number of hydrogen-bond acceptors (Lipinski definition) is 4. The molecule has 2 amide bonds. The minimum Gasteiger partial charge on any atom is -0.507 e. The quantitative estimate of drug-likeness (QED) is 0.575. The predicted molar refractivity (Wildman–Crippen MR) is 108 cm³/mol. The van der Waals surface area contributed by atoms with Crippen LogP contribution in [-0.2, 0) is 22.4 Å². The van der Waals surface area contributed by atoms with Crippen LogP contribution >= 0.6 is 0 Å². The molecule has 4 N–H and O–H groups in total. The van der Waals surface area contributed by atoms with Crippen molar-refractivity contribution < 1.29 is 19.8 Å². The Morgan fingerprint density at radius 2 is 0.964 bits per heavy atom. The van der Waals surface area contributed by atoms with Gasteiger partial charge in [0.05, 0.1) is 0 Å². The van der Waals surface area contributed by atoms with Gasteiger partial charge in [0.1, 0.15) is 11.5 Å². The van der Waals surface area contributed by atoms with Crippen molar-refractivity contribution in [3.05, 3.63) is 57.6 Å². The summed E-state index contributed by atoms with van der Waals surface area (Å²) in [5, 5.41) is 19.6. The zero-order chi connectivity index (χ0) is 20.8. The number of hydrogen-bond donors (Lipinski definition) is 4. The Bertz CT molecular complexity index is 771. The first kappa shape index (κ1) is 21.3. The molecular weight excluding hydrogens is 356 g/mol. The molecule has 0 aliphatic heterocycles. The second kappa shape index (κ2) is 9.26. The molecule has 150 valence electrons. The van der Waals surface area contributed by atoms with Crippen LogP contribution in [0.25, 0.3) is 0 Å². The summed E-state index contributed by atoms with van der Waals surface area (Å²) in [6.45, 7) is 7.29. The topological polar surface area (TPSA) is 98.7 Å². The van der Waals surface area contributed by atoms with Gasteiger partial charge >= 0.3 is 0 Å². The molecule has 0 aliphatic carbocycles. The molecule has 0 bridgehead atoms. The van der Waals surface area contributed by atoms with Crippen LogP contribution < -0.4 is 10.9 Å². The maximum atomic E-state index is 12.0. The molecule has 0 radical (unpaired) electrons. The van der Waals surface area contributed by atoms with Crippen LogP contribution in [0.15, 0.2) is 24.3 Å². The van der Waals surface area contributed by atoms with Crippen molar-refractivity contribution in [3.8, 4) is 11.5 Å². The van der Waals surface area contributed by atoms with Gasteiger partial charge in [-0.15, -0.1) is 0 Å². The van der Waals surface area contributed by atoms with Crippen LogP contribution in [0.1, 0.15) is 46.2 Å². The van der Waals surface area contributed by atoms with Crippen LogP contribution in [0.4, 0.5) is 0 Å². The van der Waals surface area contributed by atoms with Crippen molar-refractivity contribution >= 4 is 11.8 Å². The first-order valence-electron chi connectivity index (χ1n) is 9.33. The highest BCUT2D eigenvalue weighted by molar-refractivity contribution is 5.82. The van der Waals surface area contributed by atoms with E-state index in [1.807, 2.05) is 52.0 Å². The normalized spacial score (nSPS) is 10.6. The molecule has 0 aromatic heterocycles. The Kier molecular flexibility index (Phi) is 7.04. The zero-order valence-electron chi connectivity index (χ0n) is 16.8. The Hall–Kier alpha value is -3.02. The number of benzene rings is 2. The highest BCUT2D eigenvalue weighted by Gasteiger charge is 2.09. The van der Waals surface area contributed by atoms with Crippen LogP contribution in [0.5, 0.6) is 11.5 Å². The lowest BCUT2D eigenvalue weighted by atomic mass is 10.0. The Labute approximate surface area is 165 Å². The molecule has 0 aliphatic rings. The van der Waals surface area contributed by atoms with E-state index >= 15 is 0 Å². The number of phenols is 2. The number of amides is 2. The molecule has 6 heteroatoms. The average Bonchev–Trinajstić information content (AvgIpc) is 2.65. The number of aryl methyl sites for hydroxylation is 6. The number of phenolic OH excluding ortho intramolecular Hbond substituents is 2. The molecule has 0 atom stereocenters. The smallest absolute Gasteiger partial charge is 0.238 e. The predicted octanol–water partition coefficient (Wildman–Crippen LogP) is 3.04. The van der Waals surface area contributed by atoms with E-state index in [4.69, 9.17) is 0 Å². The van der Waals surface area contributed by atoms with Gasteiger partial charge in [0, 0.05) is 12.8 Å². The fraction of sp³-hybridized carbons (Fsp3) is 0.364. The number of rotatable bonds is 6. The summed E-state index contributed by atoms with van der Waals surface area (Å²) in [6.07, 6.45) is 1.52. The number of carbonyl (C=O) groups excluding carboxylic acids is 2. The van der Waals surface area contributed by atoms with E-state index in [9.17, 15) is 19.8 Å². The monoisotopic (exact) mass is 384 g/mol.